The Bertz CT molecular complexity index is 189. The number of nitrogens with zero attached hydrogens (tertiary/aromatic N) is 3. The summed E-state index contributed by atoms with van der Waals surface area (Å²) in [6, 6.07) is 0. The molecule has 0 rings (SSSR count). The zero-order chi connectivity index (χ0) is 9.40. The standard InChI is InChI=1S/C5H10N4O3/c1-4(10)8-5(11)12-3-2-7-9-6/h5,11H,2-3H2,1H3,(H,8,10). The molecule has 1 unspecified atom stereocenters. The van der Waals surface area contributed by atoms with Gasteiger partial charge in [0.15, 0.2) is 0 Å². The summed E-state index contributed by atoms with van der Waals surface area (Å²) in [6.07, 6.45) is -1.34. The number of aliphatic hydroxyl groups excluding tert-OH is 1. The number of ether oxygens (including phenoxy) is 1. The van der Waals surface area contributed by atoms with Crippen molar-refractivity contribution in [3.8, 4) is 0 Å². The van der Waals surface area contributed by atoms with Crippen molar-refractivity contribution in [2.75, 3.05) is 13.2 Å². The average molecular weight is 174 g/mol. The van der Waals surface area contributed by atoms with E-state index >= 15 is 0 Å². The third-order valence-electron chi connectivity index (χ3n) is 0.857. The third kappa shape index (κ3) is 6.81. The lowest BCUT2D eigenvalue weighted by Gasteiger charge is -2.10. The summed E-state index contributed by atoms with van der Waals surface area (Å²) in [5.41, 5.74) is 7.85. The Morgan fingerprint density at radius 1 is 1.92 bits per heavy atom. The van der Waals surface area contributed by atoms with Gasteiger partial charge in [0.1, 0.15) is 0 Å². The first kappa shape index (κ1) is 10.7. The van der Waals surface area contributed by atoms with E-state index < -0.39 is 12.3 Å². The first-order valence-electron chi connectivity index (χ1n) is 3.24. The van der Waals surface area contributed by atoms with Crippen molar-refractivity contribution in [2.45, 2.75) is 13.3 Å². The molecule has 68 valence electrons. The molecular formula is C5H10N4O3. The smallest absolute Gasteiger partial charge is 0.237 e. The van der Waals surface area contributed by atoms with Gasteiger partial charge in [-0.15, -0.1) is 0 Å². The Morgan fingerprint density at radius 3 is 3.08 bits per heavy atom. The summed E-state index contributed by atoms with van der Waals surface area (Å²) >= 11 is 0. The minimum atomic E-state index is -1.34. The molecule has 1 amide bonds. The van der Waals surface area contributed by atoms with Crippen LogP contribution in [0.2, 0.25) is 0 Å². The molecule has 2 N–H and O–H groups in total. The zero-order valence-electron chi connectivity index (χ0n) is 6.60. The molecule has 12 heavy (non-hydrogen) atoms. The maximum Gasteiger partial charge on any atom is 0.237 e. The normalized spacial score (nSPS) is 11.5. The van der Waals surface area contributed by atoms with Crippen LogP contribution in [-0.4, -0.2) is 30.6 Å². The molecular weight excluding hydrogens is 164 g/mol. The van der Waals surface area contributed by atoms with E-state index in [1.54, 1.807) is 0 Å². The number of hydrogen-bond acceptors (Lipinski definition) is 4. The van der Waals surface area contributed by atoms with Crippen molar-refractivity contribution >= 4 is 5.91 Å². The summed E-state index contributed by atoms with van der Waals surface area (Å²) in [4.78, 5) is 12.8. The van der Waals surface area contributed by atoms with E-state index in [9.17, 15) is 4.79 Å². The maximum absolute atomic E-state index is 10.3. The van der Waals surface area contributed by atoms with Crippen LogP contribution in [0.15, 0.2) is 5.11 Å². The number of azide groups is 1. The van der Waals surface area contributed by atoms with Gasteiger partial charge in [-0.3, -0.25) is 4.79 Å². The molecule has 0 saturated carbocycles. The predicted molar refractivity (Wildman–Crippen MR) is 39.8 cm³/mol. The lowest BCUT2D eigenvalue weighted by Crippen LogP contribution is -2.35. The van der Waals surface area contributed by atoms with E-state index in [1.165, 1.54) is 6.92 Å². The van der Waals surface area contributed by atoms with Gasteiger partial charge < -0.3 is 15.2 Å². The second kappa shape index (κ2) is 6.41. The number of carbonyl (C=O) groups excluding carboxylic acids is 1. The lowest BCUT2D eigenvalue weighted by atomic mass is 10.7. The second-order valence-corrected chi connectivity index (χ2v) is 1.88. The van der Waals surface area contributed by atoms with Crippen LogP contribution < -0.4 is 5.32 Å². The average Bonchev–Trinajstić information content (AvgIpc) is 1.97. The van der Waals surface area contributed by atoms with Crippen LogP contribution >= 0.6 is 0 Å². The number of amides is 1. The number of carbonyl (C=O) groups is 1. The summed E-state index contributed by atoms with van der Waals surface area (Å²) in [6.45, 7) is 1.43. The molecule has 0 aliphatic carbocycles. The fraction of sp³-hybridized carbons (Fsp3) is 0.800. The van der Waals surface area contributed by atoms with E-state index in [2.05, 4.69) is 20.1 Å². The van der Waals surface area contributed by atoms with E-state index in [4.69, 9.17) is 10.6 Å². The Morgan fingerprint density at radius 2 is 2.58 bits per heavy atom. The largest absolute Gasteiger partial charge is 0.351 e. The van der Waals surface area contributed by atoms with Gasteiger partial charge in [-0.2, -0.15) is 0 Å². The Hall–Kier alpha value is -1.30. The number of nitrogens with one attached hydrogen (secondary N) is 1. The first-order valence-corrected chi connectivity index (χ1v) is 3.24. The van der Waals surface area contributed by atoms with Crippen molar-refractivity contribution in [1.29, 1.82) is 0 Å². The molecule has 0 radical (unpaired) electrons. The molecule has 0 aromatic heterocycles. The number of aliphatic hydroxyl groups is 1. The fourth-order valence-electron chi connectivity index (χ4n) is 0.465. The molecule has 1 atom stereocenters. The van der Waals surface area contributed by atoms with Gasteiger partial charge in [-0.05, 0) is 5.53 Å². The van der Waals surface area contributed by atoms with Gasteiger partial charge in [-0.1, -0.05) is 5.11 Å². The molecule has 0 aromatic carbocycles. The van der Waals surface area contributed by atoms with Crippen LogP contribution in [0, 0.1) is 0 Å². The van der Waals surface area contributed by atoms with Gasteiger partial charge >= 0.3 is 0 Å². The van der Waals surface area contributed by atoms with Crippen molar-refractivity contribution in [2.24, 2.45) is 5.11 Å². The van der Waals surface area contributed by atoms with Crippen LogP contribution in [0.5, 0.6) is 0 Å². The van der Waals surface area contributed by atoms with Gasteiger partial charge in [0, 0.05) is 18.4 Å². The van der Waals surface area contributed by atoms with Gasteiger partial charge in [0.05, 0.1) is 6.61 Å². The van der Waals surface area contributed by atoms with Gasteiger partial charge in [0.25, 0.3) is 0 Å². The highest BCUT2D eigenvalue weighted by Gasteiger charge is 2.02. The summed E-state index contributed by atoms with van der Waals surface area (Å²) in [5.74, 6) is -0.397. The van der Waals surface area contributed by atoms with E-state index in [-0.39, 0.29) is 13.2 Å². The SMILES string of the molecule is CC(=O)NC(O)OCCN=[N+]=[N-]. The summed E-state index contributed by atoms with van der Waals surface area (Å²) in [7, 11) is 0. The van der Waals surface area contributed by atoms with E-state index in [0.717, 1.165) is 0 Å². The third-order valence-corrected chi connectivity index (χ3v) is 0.857. The van der Waals surface area contributed by atoms with Crippen molar-refractivity contribution in [3.05, 3.63) is 10.4 Å². The van der Waals surface area contributed by atoms with E-state index in [1.807, 2.05) is 0 Å². The monoisotopic (exact) mass is 174 g/mol. The molecule has 0 heterocycles. The zero-order valence-corrected chi connectivity index (χ0v) is 6.60. The fourth-order valence-corrected chi connectivity index (χ4v) is 0.465. The highest BCUT2D eigenvalue weighted by Crippen LogP contribution is 1.82. The Kier molecular flexibility index (Phi) is 5.72. The van der Waals surface area contributed by atoms with Gasteiger partial charge in [0.2, 0.25) is 12.3 Å². The summed E-state index contributed by atoms with van der Waals surface area (Å²) in [5, 5.41) is 14.1. The van der Waals surface area contributed by atoms with Crippen molar-refractivity contribution < 1.29 is 14.6 Å². The molecule has 7 nitrogen and oxygen atoms in total. The van der Waals surface area contributed by atoms with Crippen LogP contribution in [0.3, 0.4) is 0 Å². The first-order chi connectivity index (χ1) is 5.66. The van der Waals surface area contributed by atoms with Crippen molar-refractivity contribution in [1.82, 2.24) is 5.32 Å². The lowest BCUT2D eigenvalue weighted by molar-refractivity contribution is -0.144. The van der Waals surface area contributed by atoms with Crippen molar-refractivity contribution in [3.63, 3.8) is 0 Å². The Labute approximate surface area is 69.0 Å². The molecule has 7 heteroatoms. The molecule has 0 saturated heterocycles. The topological polar surface area (TPSA) is 107 Å². The highest BCUT2D eigenvalue weighted by atomic mass is 16.6. The van der Waals surface area contributed by atoms with Crippen LogP contribution in [-0.2, 0) is 9.53 Å². The Balaban J connectivity index is 3.36. The predicted octanol–water partition coefficient (Wildman–Crippen LogP) is -0.275. The summed E-state index contributed by atoms with van der Waals surface area (Å²) < 4.78 is 4.61. The minimum Gasteiger partial charge on any atom is -0.351 e. The minimum absolute atomic E-state index is 0.0610. The molecule has 0 aliphatic rings. The number of rotatable bonds is 5. The molecule has 0 fully saturated rings. The van der Waals surface area contributed by atoms with Gasteiger partial charge in [-0.25, -0.2) is 0 Å². The maximum atomic E-state index is 10.3. The quantitative estimate of drug-likeness (QED) is 0.197. The number of hydrogen-bond donors (Lipinski definition) is 2. The van der Waals surface area contributed by atoms with Crippen LogP contribution in [0.25, 0.3) is 10.4 Å². The van der Waals surface area contributed by atoms with E-state index in [0.29, 0.717) is 0 Å². The van der Waals surface area contributed by atoms with Crippen LogP contribution in [0.1, 0.15) is 6.92 Å². The highest BCUT2D eigenvalue weighted by molar-refractivity contribution is 5.72. The molecule has 0 bridgehead atoms. The molecule has 0 aromatic rings. The molecule has 0 spiro atoms. The van der Waals surface area contributed by atoms with Crippen LogP contribution in [0.4, 0.5) is 0 Å². The molecule has 0 aliphatic heterocycles. The second-order valence-electron chi connectivity index (χ2n) is 1.88.